The largest absolute Gasteiger partial charge is 0.508 e. The number of nitrogens with zero attached hydrogens (tertiary/aromatic N) is 1. The van der Waals surface area contributed by atoms with Gasteiger partial charge in [-0.2, -0.15) is 0 Å². The molecule has 0 bridgehead atoms. The van der Waals surface area contributed by atoms with E-state index in [4.69, 9.17) is 9.47 Å². The highest BCUT2D eigenvalue weighted by atomic mass is 16.5. The van der Waals surface area contributed by atoms with Gasteiger partial charge in [-0.15, -0.1) is 0 Å². The number of aliphatic hydroxyl groups is 1. The first-order valence-corrected chi connectivity index (χ1v) is 12.1. The summed E-state index contributed by atoms with van der Waals surface area (Å²) in [5.41, 5.74) is 2.77. The molecule has 1 atom stereocenters. The number of methoxy groups -OCH3 is 2. The molecule has 0 aromatic heterocycles. The van der Waals surface area contributed by atoms with Crippen molar-refractivity contribution >= 4 is 29.1 Å². The molecule has 3 aromatic carbocycles. The molecule has 1 heterocycles. The number of phenols is 1. The molecule has 0 spiro atoms. The first kappa shape index (κ1) is 26.5. The molecule has 0 saturated carbocycles. The van der Waals surface area contributed by atoms with Crippen LogP contribution < -0.4 is 9.64 Å². The van der Waals surface area contributed by atoms with Gasteiger partial charge in [0.15, 0.2) is 0 Å². The lowest BCUT2D eigenvalue weighted by molar-refractivity contribution is -0.139. The molecule has 0 aliphatic carbocycles. The number of carbonyl (C=O) groups excluding carboxylic acids is 3. The van der Waals surface area contributed by atoms with Gasteiger partial charge in [0.25, 0.3) is 11.7 Å². The molecule has 1 saturated heterocycles. The number of amides is 1. The van der Waals surface area contributed by atoms with Gasteiger partial charge in [0.2, 0.25) is 0 Å². The number of ketones is 1. The Hall–Kier alpha value is -4.59. The Labute approximate surface area is 220 Å². The average Bonchev–Trinajstić information content (AvgIpc) is 3.18. The number of aromatic hydroxyl groups is 1. The van der Waals surface area contributed by atoms with Gasteiger partial charge >= 0.3 is 5.97 Å². The molecule has 2 N–H and O–H groups in total. The van der Waals surface area contributed by atoms with Crippen molar-refractivity contribution in [2.24, 2.45) is 0 Å². The minimum atomic E-state index is -0.952. The number of hydrogen-bond donors (Lipinski definition) is 2. The van der Waals surface area contributed by atoms with E-state index in [1.54, 1.807) is 61.7 Å². The van der Waals surface area contributed by atoms with Crippen LogP contribution in [0, 0.1) is 0 Å². The number of rotatable bonds is 7. The van der Waals surface area contributed by atoms with Crippen molar-refractivity contribution < 1.29 is 34.1 Å². The van der Waals surface area contributed by atoms with E-state index in [0.717, 1.165) is 5.56 Å². The van der Waals surface area contributed by atoms with Gasteiger partial charge in [0.1, 0.15) is 17.3 Å². The molecule has 8 heteroatoms. The monoisotopic (exact) mass is 515 g/mol. The summed E-state index contributed by atoms with van der Waals surface area (Å²) in [5, 5.41) is 21.3. The van der Waals surface area contributed by atoms with Crippen molar-refractivity contribution in [3.05, 3.63) is 94.6 Å². The van der Waals surface area contributed by atoms with Crippen LogP contribution in [0.3, 0.4) is 0 Å². The Morgan fingerprint density at radius 3 is 2.21 bits per heavy atom. The summed E-state index contributed by atoms with van der Waals surface area (Å²) in [6.45, 7) is 3.97. The lowest BCUT2D eigenvalue weighted by Crippen LogP contribution is -2.29. The molecule has 1 unspecified atom stereocenters. The molecule has 196 valence electrons. The Morgan fingerprint density at radius 2 is 1.63 bits per heavy atom. The predicted octanol–water partition coefficient (Wildman–Crippen LogP) is 4.87. The molecule has 1 amide bonds. The van der Waals surface area contributed by atoms with E-state index in [1.807, 2.05) is 13.8 Å². The van der Waals surface area contributed by atoms with Crippen LogP contribution in [-0.2, 0) is 25.5 Å². The lowest BCUT2D eigenvalue weighted by Gasteiger charge is -2.25. The fourth-order valence-electron chi connectivity index (χ4n) is 4.57. The van der Waals surface area contributed by atoms with E-state index >= 15 is 0 Å². The summed E-state index contributed by atoms with van der Waals surface area (Å²) < 4.78 is 10.2. The first-order chi connectivity index (χ1) is 18.2. The number of phenolic OH excluding ortho intramolecular Hbond substituents is 1. The Kier molecular flexibility index (Phi) is 7.52. The van der Waals surface area contributed by atoms with Gasteiger partial charge in [0, 0.05) is 11.3 Å². The normalized spacial score (nSPS) is 16.7. The van der Waals surface area contributed by atoms with E-state index in [-0.39, 0.29) is 29.4 Å². The zero-order chi connectivity index (χ0) is 27.6. The third-order valence-electron chi connectivity index (χ3n) is 6.57. The maximum atomic E-state index is 13.4. The Morgan fingerprint density at radius 1 is 0.974 bits per heavy atom. The van der Waals surface area contributed by atoms with Crippen LogP contribution in [0.4, 0.5) is 5.69 Å². The molecule has 8 nitrogen and oxygen atoms in total. The van der Waals surface area contributed by atoms with E-state index in [0.29, 0.717) is 28.1 Å². The fourth-order valence-corrected chi connectivity index (χ4v) is 4.57. The van der Waals surface area contributed by atoms with Gasteiger partial charge < -0.3 is 19.7 Å². The maximum Gasteiger partial charge on any atom is 0.309 e. The van der Waals surface area contributed by atoms with Crippen LogP contribution in [0.15, 0.2) is 72.3 Å². The van der Waals surface area contributed by atoms with Crippen molar-refractivity contribution in [2.45, 2.75) is 32.2 Å². The SMILES string of the molecule is COC(=O)Cc1ccc(N2C(=O)C(=O)/C(=C(\O)c3ccc(OC)c(C(C)C)c3)C2c2ccc(O)cc2)cc1. The average molecular weight is 516 g/mol. The zero-order valence-corrected chi connectivity index (χ0v) is 21.6. The summed E-state index contributed by atoms with van der Waals surface area (Å²) >= 11 is 0. The third kappa shape index (κ3) is 4.98. The summed E-state index contributed by atoms with van der Waals surface area (Å²) in [5.74, 6) is -1.59. The van der Waals surface area contributed by atoms with E-state index in [2.05, 4.69) is 0 Å². The number of Topliss-reactive ketones (excluding diaryl/α,β-unsaturated/α-hetero) is 1. The second-order valence-electron chi connectivity index (χ2n) is 9.29. The number of anilines is 1. The first-order valence-electron chi connectivity index (χ1n) is 12.1. The number of hydrogen-bond acceptors (Lipinski definition) is 7. The molecule has 4 rings (SSSR count). The number of esters is 1. The van der Waals surface area contributed by atoms with Gasteiger partial charge in [-0.25, -0.2) is 0 Å². The molecular formula is C30H29NO7. The maximum absolute atomic E-state index is 13.4. The van der Waals surface area contributed by atoms with Crippen LogP contribution in [0.5, 0.6) is 11.5 Å². The molecular weight excluding hydrogens is 486 g/mol. The number of aliphatic hydroxyl groups excluding tert-OH is 1. The van der Waals surface area contributed by atoms with Gasteiger partial charge in [0.05, 0.1) is 32.3 Å². The van der Waals surface area contributed by atoms with Crippen LogP contribution >= 0.6 is 0 Å². The highest BCUT2D eigenvalue weighted by Crippen LogP contribution is 2.43. The Bertz CT molecular complexity index is 1410. The second kappa shape index (κ2) is 10.8. The van der Waals surface area contributed by atoms with Crippen molar-refractivity contribution in [2.75, 3.05) is 19.1 Å². The van der Waals surface area contributed by atoms with Crippen LogP contribution in [0.1, 0.15) is 48.1 Å². The van der Waals surface area contributed by atoms with E-state index < -0.39 is 23.7 Å². The molecule has 1 aliphatic rings. The van der Waals surface area contributed by atoms with Crippen LogP contribution in [-0.4, -0.2) is 42.1 Å². The summed E-state index contributed by atoms with van der Waals surface area (Å²) in [7, 11) is 2.87. The van der Waals surface area contributed by atoms with Crippen molar-refractivity contribution in [3.8, 4) is 11.5 Å². The highest BCUT2D eigenvalue weighted by Gasteiger charge is 2.47. The predicted molar refractivity (Wildman–Crippen MR) is 142 cm³/mol. The van der Waals surface area contributed by atoms with Crippen molar-refractivity contribution in [3.63, 3.8) is 0 Å². The fraction of sp³-hybridized carbons (Fsp3) is 0.233. The summed E-state index contributed by atoms with van der Waals surface area (Å²) in [4.78, 5) is 39.7. The molecule has 1 fully saturated rings. The minimum absolute atomic E-state index is 0.0228. The Balaban J connectivity index is 1.87. The van der Waals surface area contributed by atoms with Crippen LogP contribution in [0.25, 0.3) is 5.76 Å². The van der Waals surface area contributed by atoms with Crippen molar-refractivity contribution in [1.82, 2.24) is 0 Å². The molecule has 0 radical (unpaired) electrons. The van der Waals surface area contributed by atoms with Crippen LogP contribution in [0.2, 0.25) is 0 Å². The zero-order valence-electron chi connectivity index (χ0n) is 21.6. The third-order valence-corrected chi connectivity index (χ3v) is 6.57. The molecule has 3 aromatic rings. The smallest absolute Gasteiger partial charge is 0.309 e. The van der Waals surface area contributed by atoms with Gasteiger partial charge in [-0.05, 0) is 65.1 Å². The summed E-state index contributed by atoms with van der Waals surface area (Å²) in [6.07, 6.45) is 0.0621. The molecule has 1 aliphatic heterocycles. The second-order valence-corrected chi connectivity index (χ2v) is 9.29. The van der Waals surface area contributed by atoms with Crippen molar-refractivity contribution in [1.29, 1.82) is 0 Å². The van der Waals surface area contributed by atoms with Gasteiger partial charge in [-0.3, -0.25) is 19.3 Å². The topological polar surface area (TPSA) is 113 Å². The quantitative estimate of drug-likeness (QED) is 0.200. The number of ether oxygens (including phenoxy) is 2. The van der Waals surface area contributed by atoms with E-state index in [9.17, 15) is 24.6 Å². The highest BCUT2D eigenvalue weighted by molar-refractivity contribution is 6.51. The molecule has 38 heavy (non-hydrogen) atoms. The lowest BCUT2D eigenvalue weighted by atomic mass is 9.93. The van der Waals surface area contributed by atoms with E-state index in [1.165, 1.54) is 24.1 Å². The standard InChI is InChI=1S/C30H29NO7/c1-17(2)23-16-20(9-14-24(23)37-3)28(34)26-27(19-7-12-22(32)13-8-19)31(30(36)29(26)35)21-10-5-18(6-11-21)15-25(33)38-4/h5-14,16-17,27,32,34H,15H2,1-4H3/b28-26-. The van der Waals surface area contributed by atoms with Gasteiger partial charge in [-0.1, -0.05) is 38.1 Å². The number of carbonyl (C=O) groups is 3. The minimum Gasteiger partial charge on any atom is -0.508 e. The summed E-state index contributed by atoms with van der Waals surface area (Å²) in [6, 6.07) is 16.9. The number of benzene rings is 3.